The molecular formula is C20H15F3O. The summed E-state index contributed by atoms with van der Waals surface area (Å²) in [5, 5.41) is 0. The summed E-state index contributed by atoms with van der Waals surface area (Å²) >= 11 is 0. The van der Waals surface area contributed by atoms with Gasteiger partial charge in [-0.1, -0.05) is 42.5 Å². The summed E-state index contributed by atoms with van der Waals surface area (Å²) in [6.07, 6.45) is -2.39. The van der Waals surface area contributed by atoms with Crippen LogP contribution in [-0.2, 0) is 25.4 Å². The number of furan rings is 1. The van der Waals surface area contributed by atoms with Crippen molar-refractivity contribution in [1.29, 1.82) is 0 Å². The predicted octanol–water partition coefficient (Wildman–Crippen LogP) is 5.38. The first-order valence-corrected chi connectivity index (χ1v) is 7.82. The summed E-state index contributed by atoms with van der Waals surface area (Å²) in [7, 11) is 0. The van der Waals surface area contributed by atoms with Gasteiger partial charge in [0, 0.05) is 19.3 Å². The molecule has 3 aromatic rings. The van der Waals surface area contributed by atoms with Crippen molar-refractivity contribution in [3.8, 4) is 0 Å². The number of rotatable bonds is 2. The lowest BCUT2D eigenvalue weighted by Crippen LogP contribution is -2.05. The maximum absolute atomic E-state index is 12.8. The van der Waals surface area contributed by atoms with Gasteiger partial charge in [0.1, 0.15) is 11.5 Å². The van der Waals surface area contributed by atoms with Crippen LogP contribution in [0.2, 0.25) is 0 Å². The minimum absolute atomic E-state index is 0.368. The van der Waals surface area contributed by atoms with Gasteiger partial charge in [-0.2, -0.15) is 13.2 Å². The van der Waals surface area contributed by atoms with Gasteiger partial charge >= 0.3 is 6.18 Å². The third-order valence-corrected chi connectivity index (χ3v) is 4.43. The number of fused-ring (bicyclic) bond motifs is 2. The molecule has 0 saturated carbocycles. The second-order valence-electron chi connectivity index (χ2n) is 6.16. The lowest BCUT2D eigenvalue weighted by molar-refractivity contribution is -0.137. The third kappa shape index (κ3) is 2.84. The number of hydrogen-bond donors (Lipinski definition) is 0. The molecule has 0 fully saturated rings. The minimum Gasteiger partial charge on any atom is -0.465 e. The zero-order valence-electron chi connectivity index (χ0n) is 12.9. The fourth-order valence-corrected chi connectivity index (χ4v) is 3.25. The van der Waals surface area contributed by atoms with Gasteiger partial charge in [-0.3, -0.25) is 0 Å². The number of hydrogen-bond acceptors (Lipinski definition) is 1. The van der Waals surface area contributed by atoms with Crippen molar-refractivity contribution in [2.45, 2.75) is 25.4 Å². The van der Waals surface area contributed by atoms with Gasteiger partial charge in [0.15, 0.2) is 0 Å². The average molecular weight is 328 g/mol. The van der Waals surface area contributed by atoms with Crippen molar-refractivity contribution in [2.24, 2.45) is 0 Å². The van der Waals surface area contributed by atoms with Gasteiger partial charge in [-0.25, -0.2) is 0 Å². The van der Waals surface area contributed by atoms with E-state index in [0.717, 1.165) is 30.2 Å². The van der Waals surface area contributed by atoms with Gasteiger partial charge in [-0.05, 0) is 34.4 Å². The highest BCUT2D eigenvalue weighted by Gasteiger charge is 2.30. The predicted molar refractivity (Wildman–Crippen MR) is 85.0 cm³/mol. The summed E-state index contributed by atoms with van der Waals surface area (Å²) in [6, 6.07) is 15.6. The summed E-state index contributed by atoms with van der Waals surface area (Å²) < 4.78 is 44.4. The average Bonchev–Trinajstić information content (AvgIpc) is 2.93. The Morgan fingerprint density at radius 1 is 0.833 bits per heavy atom. The smallest absolute Gasteiger partial charge is 0.416 e. The summed E-state index contributed by atoms with van der Waals surface area (Å²) in [6.45, 7) is 0. The fourth-order valence-electron chi connectivity index (χ4n) is 3.25. The van der Waals surface area contributed by atoms with Crippen molar-refractivity contribution in [2.75, 3.05) is 0 Å². The van der Waals surface area contributed by atoms with E-state index in [1.54, 1.807) is 6.07 Å². The summed E-state index contributed by atoms with van der Waals surface area (Å²) in [5.74, 6) is 1.64. The molecule has 4 rings (SSSR count). The zero-order valence-corrected chi connectivity index (χ0v) is 12.9. The van der Waals surface area contributed by atoms with Gasteiger partial charge in [0.05, 0.1) is 5.56 Å². The summed E-state index contributed by atoms with van der Waals surface area (Å²) in [4.78, 5) is 0. The molecule has 1 nitrogen and oxygen atoms in total. The van der Waals surface area contributed by atoms with E-state index in [0.29, 0.717) is 17.7 Å². The van der Waals surface area contributed by atoms with Gasteiger partial charge in [0.25, 0.3) is 0 Å². The number of benzene rings is 2. The molecule has 0 bridgehead atoms. The van der Waals surface area contributed by atoms with Crippen LogP contribution in [0.4, 0.5) is 13.2 Å². The molecule has 122 valence electrons. The van der Waals surface area contributed by atoms with Crippen LogP contribution in [0.5, 0.6) is 0 Å². The van der Waals surface area contributed by atoms with Crippen LogP contribution < -0.4 is 0 Å². The maximum atomic E-state index is 12.8. The summed E-state index contributed by atoms with van der Waals surface area (Å²) in [5.41, 5.74) is 3.66. The molecule has 4 heteroatoms. The highest BCUT2D eigenvalue weighted by Crippen LogP contribution is 2.32. The normalized spacial score (nSPS) is 13.5. The third-order valence-electron chi connectivity index (χ3n) is 4.43. The number of halogens is 3. The lowest BCUT2D eigenvalue weighted by Gasteiger charge is -2.14. The Morgan fingerprint density at radius 2 is 1.58 bits per heavy atom. The van der Waals surface area contributed by atoms with Crippen LogP contribution in [0.1, 0.15) is 39.3 Å². The molecular weight excluding hydrogens is 313 g/mol. The van der Waals surface area contributed by atoms with Crippen molar-refractivity contribution < 1.29 is 17.6 Å². The molecule has 0 aliphatic heterocycles. The van der Waals surface area contributed by atoms with Crippen molar-refractivity contribution in [1.82, 2.24) is 0 Å². The van der Waals surface area contributed by atoms with E-state index in [9.17, 15) is 13.2 Å². The Kier molecular flexibility index (Phi) is 3.48. The van der Waals surface area contributed by atoms with Gasteiger partial charge < -0.3 is 4.42 Å². The van der Waals surface area contributed by atoms with E-state index in [1.165, 1.54) is 23.3 Å². The molecule has 0 radical (unpaired) electrons. The molecule has 1 aliphatic rings. The zero-order chi connectivity index (χ0) is 16.7. The molecule has 0 atom stereocenters. The molecule has 2 aromatic carbocycles. The second-order valence-corrected chi connectivity index (χ2v) is 6.16. The Labute approximate surface area is 137 Å². The second kappa shape index (κ2) is 5.55. The van der Waals surface area contributed by atoms with Crippen LogP contribution in [0.25, 0.3) is 0 Å². The highest BCUT2D eigenvalue weighted by atomic mass is 19.4. The molecule has 0 amide bonds. The fraction of sp³-hybridized carbons (Fsp3) is 0.200. The van der Waals surface area contributed by atoms with Crippen LogP contribution in [0.15, 0.2) is 59.0 Å². The van der Waals surface area contributed by atoms with E-state index in [2.05, 4.69) is 12.1 Å². The Hall–Kier alpha value is -2.49. The Bertz CT molecular complexity index is 847. The lowest BCUT2D eigenvalue weighted by atomic mass is 9.91. The van der Waals surface area contributed by atoms with Gasteiger partial charge in [-0.15, -0.1) is 0 Å². The SMILES string of the molecule is FC(F)(F)c1cccc(Cc2cc3c(o2)Cc2ccccc2C3)c1. The minimum atomic E-state index is -4.32. The quantitative estimate of drug-likeness (QED) is 0.481. The van der Waals surface area contributed by atoms with E-state index < -0.39 is 11.7 Å². The topological polar surface area (TPSA) is 13.1 Å². The molecule has 0 saturated heterocycles. The number of alkyl halides is 3. The molecule has 1 heterocycles. The molecule has 0 unspecified atom stereocenters. The Morgan fingerprint density at radius 3 is 2.33 bits per heavy atom. The molecule has 1 aromatic heterocycles. The first-order valence-electron chi connectivity index (χ1n) is 7.82. The van der Waals surface area contributed by atoms with Gasteiger partial charge in [0.2, 0.25) is 0 Å². The monoisotopic (exact) mass is 328 g/mol. The van der Waals surface area contributed by atoms with E-state index in [-0.39, 0.29) is 0 Å². The largest absolute Gasteiger partial charge is 0.465 e. The van der Waals surface area contributed by atoms with E-state index in [4.69, 9.17) is 4.42 Å². The van der Waals surface area contributed by atoms with E-state index >= 15 is 0 Å². The molecule has 0 spiro atoms. The first kappa shape index (κ1) is 15.1. The molecule has 0 N–H and O–H groups in total. The Balaban J connectivity index is 1.59. The highest BCUT2D eigenvalue weighted by molar-refractivity contribution is 5.43. The maximum Gasteiger partial charge on any atom is 0.416 e. The molecule has 24 heavy (non-hydrogen) atoms. The van der Waals surface area contributed by atoms with Crippen molar-refractivity contribution in [3.05, 3.63) is 93.9 Å². The first-order chi connectivity index (χ1) is 11.5. The van der Waals surface area contributed by atoms with Crippen LogP contribution >= 0.6 is 0 Å². The van der Waals surface area contributed by atoms with Crippen LogP contribution in [-0.4, -0.2) is 0 Å². The van der Waals surface area contributed by atoms with Crippen molar-refractivity contribution in [3.63, 3.8) is 0 Å². The molecule has 1 aliphatic carbocycles. The van der Waals surface area contributed by atoms with E-state index in [1.807, 2.05) is 18.2 Å². The standard InChI is InChI=1S/C20H15F3O/c21-20(22,23)17-7-3-4-13(8-17)9-18-11-16-10-14-5-1-2-6-15(14)12-19(16)24-18/h1-8,11H,9-10,12H2. The van der Waals surface area contributed by atoms with Crippen molar-refractivity contribution >= 4 is 0 Å². The van der Waals surface area contributed by atoms with Crippen LogP contribution in [0, 0.1) is 0 Å². The van der Waals surface area contributed by atoms with Crippen LogP contribution in [0.3, 0.4) is 0 Å².